The van der Waals surface area contributed by atoms with Gasteiger partial charge in [0.05, 0.1) is 18.7 Å². The first kappa shape index (κ1) is 22.5. The topological polar surface area (TPSA) is 82.6 Å². The van der Waals surface area contributed by atoms with Gasteiger partial charge in [-0.1, -0.05) is 48.0 Å². The Morgan fingerprint density at radius 3 is 2.43 bits per heavy atom. The molecule has 6 heteroatoms. The van der Waals surface area contributed by atoms with Crippen LogP contribution in [0.4, 0.5) is 0 Å². The molecule has 1 aromatic heterocycles. The molecule has 0 saturated carbocycles. The van der Waals surface area contributed by atoms with Crippen LogP contribution in [-0.2, 0) is 16.0 Å². The van der Waals surface area contributed by atoms with Gasteiger partial charge < -0.3 is 19.7 Å². The standard InChI is InChI=1S/C29H26N2O4/c1-18-7-9-19(10-8-18)26-25(27(32)20-11-13-22(35-2)14-12-20)28(33)29(34)31(26)16-15-21-17-30-24-6-4-3-5-23(21)24/h3-14,17,26,30,32H,15-16H2,1-2H3/t26-/m1/s1. The predicted octanol–water partition coefficient (Wildman–Crippen LogP) is 5.15. The Labute approximate surface area is 203 Å². The molecule has 35 heavy (non-hydrogen) atoms. The highest BCUT2D eigenvalue weighted by Gasteiger charge is 2.45. The van der Waals surface area contributed by atoms with Crippen molar-refractivity contribution in [2.75, 3.05) is 13.7 Å². The number of benzene rings is 3. The van der Waals surface area contributed by atoms with E-state index in [9.17, 15) is 14.7 Å². The molecule has 1 aliphatic heterocycles. The molecule has 6 nitrogen and oxygen atoms in total. The zero-order valence-corrected chi connectivity index (χ0v) is 19.6. The highest BCUT2D eigenvalue weighted by atomic mass is 16.5. The van der Waals surface area contributed by atoms with Crippen LogP contribution in [0.2, 0.25) is 0 Å². The van der Waals surface area contributed by atoms with Crippen LogP contribution in [0.25, 0.3) is 16.7 Å². The van der Waals surface area contributed by atoms with E-state index >= 15 is 0 Å². The van der Waals surface area contributed by atoms with Crippen LogP contribution in [0, 0.1) is 6.92 Å². The van der Waals surface area contributed by atoms with E-state index in [1.807, 2.05) is 61.7 Å². The van der Waals surface area contributed by atoms with Crippen molar-refractivity contribution >= 4 is 28.4 Å². The van der Waals surface area contributed by atoms with Gasteiger partial charge >= 0.3 is 0 Å². The Morgan fingerprint density at radius 2 is 1.71 bits per heavy atom. The molecule has 1 fully saturated rings. The summed E-state index contributed by atoms with van der Waals surface area (Å²) in [5, 5.41) is 12.3. The highest BCUT2D eigenvalue weighted by molar-refractivity contribution is 6.46. The van der Waals surface area contributed by atoms with Crippen molar-refractivity contribution < 1.29 is 19.4 Å². The number of aryl methyl sites for hydroxylation is 1. The number of carbonyl (C=O) groups is 2. The third-order valence-corrected chi connectivity index (χ3v) is 6.59. The number of para-hydroxylation sites is 1. The molecular weight excluding hydrogens is 440 g/mol. The first-order valence-corrected chi connectivity index (χ1v) is 11.5. The van der Waals surface area contributed by atoms with Gasteiger partial charge in [0.15, 0.2) is 0 Å². The number of aliphatic hydroxyl groups is 1. The van der Waals surface area contributed by atoms with Crippen LogP contribution in [-0.4, -0.2) is 40.3 Å². The second-order valence-corrected chi connectivity index (χ2v) is 8.74. The fourth-order valence-corrected chi connectivity index (χ4v) is 4.69. The van der Waals surface area contributed by atoms with E-state index in [4.69, 9.17) is 4.74 Å². The summed E-state index contributed by atoms with van der Waals surface area (Å²) in [5.74, 6) is -0.838. The van der Waals surface area contributed by atoms with E-state index in [1.165, 1.54) is 0 Å². The van der Waals surface area contributed by atoms with Crippen molar-refractivity contribution in [3.05, 3.63) is 107 Å². The number of likely N-dealkylation sites (tertiary alicyclic amines) is 1. The van der Waals surface area contributed by atoms with Gasteiger partial charge in [0.1, 0.15) is 11.5 Å². The smallest absolute Gasteiger partial charge is 0.295 e. The number of ether oxygens (including phenoxy) is 1. The molecule has 176 valence electrons. The molecule has 1 atom stereocenters. The lowest BCUT2D eigenvalue weighted by atomic mass is 9.94. The highest BCUT2D eigenvalue weighted by Crippen LogP contribution is 2.40. The first-order valence-electron chi connectivity index (χ1n) is 11.5. The molecular formula is C29H26N2O4. The number of methoxy groups -OCH3 is 1. The normalized spacial score (nSPS) is 17.3. The number of fused-ring (bicyclic) bond motifs is 1. The summed E-state index contributed by atoms with van der Waals surface area (Å²) < 4.78 is 5.20. The van der Waals surface area contributed by atoms with E-state index in [0.29, 0.717) is 24.3 Å². The van der Waals surface area contributed by atoms with E-state index in [2.05, 4.69) is 4.98 Å². The molecule has 2 N–H and O–H groups in total. The molecule has 4 aromatic rings. The van der Waals surface area contributed by atoms with E-state index in [-0.39, 0.29) is 11.3 Å². The lowest BCUT2D eigenvalue weighted by Gasteiger charge is -2.25. The average Bonchev–Trinajstić information content (AvgIpc) is 3.41. The van der Waals surface area contributed by atoms with Gasteiger partial charge in [0.25, 0.3) is 11.7 Å². The Kier molecular flexibility index (Phi) is 5.87. The van der Waals surface area contributed by atoms with Gasteiger partial charge in [-0.2, -0.15) is 0 Å². The van der Waals surface area contributed by atoms with Crippen molar-refractivity contribution in [1.29, 1.82) is 0 Å². The van der Waals surface area contributed by atoms with Gasteiger partial charge in [0.2, 0.25) is 0 Å². The molecule has 1 aliphatic rings. The van der Waals surface area contributed by atoms with Crippen LogP contribution >= 0.6 is 0 Å². The van der Waals surface area contributed by atoms with Gasteiger partial charge in [-0.05, 0) is 54.8 Å². The van der Waals surface area contributed by atoms with Gasteiger partial charge in [0, 0.05) is 29.2 Å². The summed E-state index contributed by atoms with van der Waals surface area (Å²) in [6.07, 6.45) is 2.52. The summed E-state index contributed by atoms with van der Waals surface area (Å²) in [4.78, 5) is 31.3. The Bertz CT molecular complexity index is 1430. The molecule has 0 bridgehead atoms. The number of rotatable bonds is 6. The number of nitrogens with one attached hydrogen (secondary N) is 1. The summed E-state index contributed by atoms with van der Waals surface area (Å²) >= 11 is 0. The molecule has 0 unspecified atom stereocenters. The van der Waals surface area contributed by atoms with E-state index in [1.54, 1.807) is 36.3 Å². The molecule has 3 aromatic carbocycles. The van der Waals surface area contributed by atoms with Crippen molar-refractivity contribution in [3.63, 3.8) is 0 Å². The number of aromatic amines is 1. The molecule has 0 aliphatic carbocycles. The number of hydrogen-bond donors (Lipinski definition) is 2. The SMILES string of the molecule is COc1ccc(C(O)=C2C(=O)C(=O)N(CCc3c[nH]c4ccccc34)[C@@H]2c2ccc(C)cc2)cc1. The monoisotopic (exact) mass is 466 g/mol. The second kappa shape index (κ2) is 9.14. The molecule has 2 heterocycles. The van der Waals surface area contributed by atoms with Crippen molar-refractivity contribution in [1.82, 2.24) is 9.88 Å². The Balaban J connectivity index is 1.55. The van der Waals surface area contributed by atoms with Gasteiger partial charge in [-0.3, -0.25) is 9.59 Å². The van der Waals surface area contributed by atoms with E-state index < -0.39 is 17.7 Å². The van der Waals surface area contributed by atoms with Crippen molar-refractivity contribution in [3.8, 4) is 5.75 Å². The molecule has 0 spiro atoms. The molecule has 1 saturated heterocycles. The largest absolute Gasteiger partial charge is 0.507 e. The lowest BCUT2D eigenvalue weighted by molar-refractivity contribution is -0.139. The minimum atomic E-state index is -0.678. The summed E-state index contributed by atoms with van der Waals surface area (Å²) in [6.45, 7) is 2.32. The molecule has 1 amide bonds. The number of Topliss-reactive ketones (excluding diaryl/α,β-unsaturated/α-hetero) is 1. The van der Waals surface area contributed by atoms with Crippen LogP contribution in [0.5, 0.6) is 5.75 Å². The first-order chi connectivity index (χ1) is 17.0. The van der Waals surface area contributed by atoms with Crippen LogP contribution in [0.1, 0.15) is 28.3 Å². The zero-order valence-electron chi connectivity index (χ0n) is 19.6. The van der Waals surface area contributed by atoms with Crippen molar-refractivity contribution in [2.24, 2.45) is 0 Å². The second-order valence-electron chi connectivity index (χ2n) is 8.74. The number of H-pyrrole nitrogens is 1. The minimum absolute atomic E-state index is 0.1000. The third kappa shape index (κ3) is 4.08. The number of aliphatic hydroxyl groups excluding tert-OH is 1. The summed E-state index contributed by atoms with van der Waals surface area (Å²) in [6, 6.07) is 21.8. The number of aromatic nitrogens is 1. The number of carbonyl (C=O) groups excluding carboxylic acids is 2. The van der Waals surface area contributed by atoms with Crippen LogP contribution in [0.3, 0.4) is 0 Å². The fraction of sp³-hybridized carbons (Fsp3) is 0.172. The minimum Gasteiger partial charge on any atom is -0.507 e. The van der Waals surface area contributed by atoms with Crippen LogP contribution < -0.4 is 4.74 Å². The molecule has 0 radical (unpaired) electrons. The number of hydrogen-bond acceptors (Lipinski definition) is 4. The fourth-order valence-electron chi connectivity index (χ4n) is 4.69. The maximum absolute atomic E-state index is 13.2. The summed E-state index contributed by atoms with van der Waals surface area (Å²) in [7, 11) is 1.56. The number of amides is 1. The predicted molar refractivity (Wildman–Crippen MR) is 135 cm³/mol. The number of nitrogens with zero attached hydrogens (tertiary/aromatic N) is 1. The number of ketones is 1. The maximum Gasteiger partial charge on any atom is 0.295 e. The molecule has 5 rings (SSSR count). The van der Waals surface area contributed by atoms with Crippen molar-refractivity contribution in [2.45, 2.75) is 19.4 Å². The maximum atomic E-state index is 13.2. The average molecular weight is 467 g/mol. The summed E-state index contributed by atoms with van der Waals surface area (Å²) in [5.41, 5.74) is 4.50. The zero-order chi connectivity index (χ0) is 24.5. The Morgan fingerprint density at radius 1 is 1.00 bits per heavy atom. The van der Waals surface area contributed by atoms with Gasteiger partial charge in [-0.25, -0.2) is 0 Å². The van der Waals surface area contributed by atoms with E-state index in [0.717, 1.165) is 27.6 Å². The Hall–Kier alpha value is -4.32. The third-order valence-electron chi connectivity index (χ3n) is 6.59. The van der Waals surface area contributed by atoms with Crippen LogP contribution in [0.15, 0.2) is 84.6 Å². The quantitative estimate of drug-likeness (QED) is 0.234. The van der Waals surface area contributed by atoms with Gasteiger partial charge in [-0.15, -0.1) is 0 Å². The lowest BCUT2D eigenvalue weighted by Crippen LogP contribution is -2.31.